The standard InChI is InChI=1S/C26H34N4O3/c1-18(31)20-8-6-19(7-9-20)12-23-13-25(29-17-28-23)26(33)27-14-24(32)16-30-11-10-21-4-2-3-5-22(21)15-30/h2-5,13,17,19-20,24,32H,6-12,14-16H2,1H3,(H,27,33)/t19?,20?,24-/m0/s1. The van der Waals surface area contributed by atoms with Gasteiger partial charge in [0.25, 0.3) is 5.91 Å². The molecular weight excluding hydrogens is 416 g/mol. The summed E-state index contributed by atoms with van der Waals surface area (Å²) in [6.45, 7) is 4.12. The molecular formula is C26H34N4O3. The van der Waals surface area contributed by atoms with Gasteiger partial charge in [-0.15, -0.1) is 0 Å². The number of rotatable bonds is 8. The van der Waals surface area contributed by atoms with Crippen LogP contribution in [0.5, 0.6) is 0 Å². The number of nitrogens with zero attached hydrogens (tertiary/aromatic N) is 3. The molecule has 176 valence electrons. The first-order valence-electron chi connectivity index (χ1n) is 12.0. The predicted molar refractivity (Wildman–Crippen MR) is 126 cm³/mol. The van der Waals surface area contributed by atoms with Crippen LogP contribution in [0, 0.1) is 11.8 Å². The number of fused-ring (bicyclic) bond motifs is 1. The van der Waals surface area contributed by atoms with Crippen molar-refractivity contribution in [3.05, 3.63) is 59.2 Å². The zero-order valence-electron chi connectivity index (χ0n) is 19.4. The van der Waals surface area contributed by atoms with Crippen LogP contribution in [0.25, 0.3) is 0 Å². The van der Waals surface area contributed by atoms with Crippen LogP contribution in [0.4, 0.5) is 0 Å². The maximum Gasteiger partial charge on any atom is 0.270 e. The second kappa shape index (κ2) is 11.0. The number of carbonyl (C=O) groups excluding carboxylic acids is 2. The summed E-state index contributed by atoms with van der Waals surface area (Å²) in [5, 5.41) is 13.3. The molecule has 2 aliphatic rings. The molecule has 1 saturated carbocycles. The number of β-amino-alcohol motifs (C(OH)–C–C–N with tert-alkyl or cyclic N) is 1. The number of benzene rings is 1. The minimum absolute atomic E-state index is 0.186. The minimum atomic E-state index is -0.642. The first-order valence-corrected chi connectivity index (χ1v) is 12.0. The Balaban J connectivity index is 1.23. The Morgan fingerprint density at radius 3 is 2.67 bits per heavy atom. The maximum atomic E-state index is 12.6. The van der Waals surface area contributed by atoms with Crippen LogP contribution in [0.1, 0.15) is 59.9 Å². The summed E-state index contributed by atoms with van der Waals surface area (Å²) in [5.41, 5.74) is 3.87. The number of aromatic nitrogens is 2. The number of hydrogen-bond acceptors (Lipinski definition) is 6. The van der Waals surface area contributed by atoms with Crippen molar-refractivity contribution in [2.24, 2.45) is 11.8 Å². The molecule has 2 heterocycles. The summed E-state index contributed by atoms with van der Waals surface area (Å²) in [4.78, 5) is 34.9. The van der Waals surface area contributed by atoms with Gasteiger partial charge in [-0.1, -0.05) is 24.3 Å². The van der Waals surface area contributed by atoms with Gasteiger partial charge < -0.3 is 10.4 Å². The maximum absolute atomic E-state index is 12.6. The van der Waals surface area contributed by atoms with E-state index in [1.807, 2.05) is 6.07 Å². The van der Waals surface area contributed by atoms with Gasteiger partial charge in [0.1, 0.15) is 17.8 Å². The quantitative estimate of drug-likeness (QED) is 0.642. The highest BCUT2D eigenvalue weighted by molar-refractivity contribution is 5.92. The van der Waals surface area contributed by atoms with Crippen LogP contribution >= 0.6 is 0 Å². The lowest BCUT2D eigenvalue weighted by molar-refractivity contribution is -0.121. The van der Waals surface area contributed by atoms with E-state index in [2.05, 4.69) is 38.4 Å². The van der Waals surface area contributed by atoms with Gasteiger partial charge in [-0.3, -0.25) is 14.5 Å². The van der Waals surface area contributed by atoms with Gasteiger partial charge in [0.2, 0.25) is 0 Å². The second-order valence-corrected chi connectivity index (χ2v) is 9.54. The van der Waals surface area contributed by atoms with Crippen molar-refractivity contribution < 1.29 is 14.7 Å². The van der Waals surface area contributed by atoms with E-state index in [9.17, 15) is 14.7 Å². The highest BCUT2D eigenvalue weighted by Gasteiger charge is 2.25. The lowest BCUT2D eigenvalue weighted by Gasteiger charge is -2.30. The Morgan fingerprint density at radius 2 is 1.91 bits per heavy atom. The topological polar surface area (TPSA) is 95.4 Å². The average Bonchev–Trinajstić information content (AvgIpc) is 2.83. The lowest BCUT2D eigenvalue weighted by atomic mass is 9.78. The fourth-order valence-corrected chi connectivity index (χ4v) is 5.08. The van der Waals surface area contributed by atoms with Crippen LogP contribution in [0.3, 0.4) is 0 Å². The van der Waals surface area contributed by atoms with E-state index in [0.717, 1.165) is 57.3 Å². The predicted octanol–water partition coefficient (Wildman–Crippen LogP) is 2.56. The molecule has 1 aliphatic heterocycles. The number of hydrogen-bond donors (Lipinski definition) is 2. The number of aliphatic hydroxyl groups excluding tert-OH is 1. The molecule has 1 aromatic carbocycles. The molecule has 2 aromatic rings. The van der Waals surface area contributed by atoms with Gasteiger partial charge in [-0.25, -0.2) is 9.97 Å². The molecule has 33 heavy (non-hydrogen) atoms. The van der Waals surface area contributed by atoms with E-state index in [-0.39, 0.29) is 18.4 Å². The third-order valence-corrected chi connectivity index (χ3v) is 7.05. The van der Waals surface area contributed by atoms with Crippen LogP contribution in [-0.2, 0) is 24.2 Å². The monoisotopic (exact) mass is 450 g/mol. The van der Waals surface area contributed by atoms with Gasteiger partial charge in [0.05, 0.1) is 6.10 Å². The largest absolute Gasteiger partial charge is 0.390 e. The van der Waals surface area contributed by atoms with E-state index in [4.69, 9.17) is 0 Å². The van der Waals surface area contributed by atoms with Crippen molar-refractivity contribution in [3.63, 3.8) is 0 Å². The summed E-state index contributed by atoms with van der Waals surface area (Å²) in [7, 11) is 0. The number of carbonyl (C=O) groups is 2. The molecule has 1 aromatic heterocycles. The Bertz CT molecular complexity index is 972. The normalized spacial score (nSPS) is 21.8. The van der Waals surface area contributed by atoms with Gasteiger partial charge in [-0.2, -0.15) is 0 Å². The Labute approximate surface area is 195 Å². The molecule has 0 saturated heterocycles. The van der Waals surface area contributed by atoms with Crippen molar-refractivity contribution in [2.45, 2.75) is 58.1 Å². The van der Waals surface area contributed by atoms with Crippen molar-refractivity contribution in [1.82, 2.24) is 20.2 Å². The molecule has 0 spiro atoms. The smallest absolute Gasteiger partial charge is 0.270 e. The fraction of sp³-hybridized carbons (Fsp3) is 0.538. The molecule has 1 atom stereocenters. The summed E-state index contributed by atoms with van der Waals surface area (Å²) in [6.07, 6.45) is 6.50. The van der Waals surface area contributed by atoms with Gasteiger partial charge in [0, 0.05) is 37.8 Å². The van der Waals surface area contributed by atoms with E-state index in [0.29, 0.717) is 23.9 Å². The third-order valence-electron chi connectivity index (χ3n) is 7.05. The Hall–Kier alpha value is -2.64. The second-order valence-electron chi connectivity index (χ2n) is 9.54. The lowest BCUT2D eigenvalue weighted by Crippen LogP contribution is -2.42. The highest BCUT2D eigenvalue weighted by Crippen LogP contribution is 2.31. The highest BCUT2D eigenvalue weighted by atomic mass is 16.3. The van der Waals surface area contributed by atoms with Crippen LogP contribution < -0.4 is 5.32 Å². The number of amides is 1. The first-order chi connectivity index (χ1) is 16.0. The SMILES string of the molecule is CC(=O)C1CCC(Cc2cc(C(=O)NC[C@H](O)CN3CCc4ccccc4C3)ncn2)CC1. The summed E-state index contributed by atoms with van der Waals surface area (Å²) < 4.78 is 0. The van der Waals surface area contributed by atoms with Gasteiger partial charge in [-0.05, 0) is 68.6 Å². The van der Waals surface area contributed by atoms with E-state index in [1.165, 1.54) is 17.5 Å². The molecule has 0 bridgehead atoms. The van der Waals surface area contributed by atoms with E-state index < -0.39 is 6.10 Å². The molecule has 1 aliphatic carbocycles. The molecule has 4 rings (SSSR count). The van der Waals surface area contributed by atoms with E-state index in [1.54, 1.807) is 13.0 Å². The minimum Gasteiger partial charge on any atom is -0.390 e. The number of aliphatic hydroxyl groups is 1. The zero-order chi connectivity index (χ0) is 23.2. The Kier molecular flexibility index (Phi) is 7.83. The number of Topliss-reactive ketones (excluding diaryl/α,β-unsaturated/α-hetero) is 1. The Morgan fingerprint density at radius 1 is 1.15 bits per heavy atom. The molecule has 0 unspecified atom stereocenters. The first kappa shape index (κ1) is 23.5. The van der Waals surface area contributed by atoms with Crippen LogP contribution in [0.15, 0.2) is 36.7 Å². The van der Waals surface area contributed by atoms with Crippen molar-refractivity contribution >= 4 is 11.7 Å². The zero-order valence-corrected chi connectivity index (χ0v) is 19.4. The van der Waals surface area contributed by atoms with E-state index >= 15 is 0 Å². The van der Waals surface area contributed by atoms with Crippen LogP contribution in [-0.4, -0.2) is 57.4 Å². The van der Waals surface area contributed by atoms with Gasteiger partial charge in [0.15, 0.2) is 0 Å². The van der Waals surface area contributed by atoms with Crippen molar-refractivity contribution in [2.75, 3.05) is 19.6 Å². The summed E-state index contributed by atoms with van der Waals surface area (Å²) >= 11 is 0. The molecule has 2 N–H and O–H groups in total. The third kappa shape index (κ3) is 6.45. The molecule has 7 heteroatoms. The molecule has 0 radical (unpaired) electrons. The summed E-state index contributed by atoms with van der Waals surface area (Å²) in [6, 6.07) is 10.2. The van der Waals surface area contributed by atoms with Crippen LogP contribution in [0.2, 0.25) is 0 Å². The van der Waals surface area contributed by atoms with Crippen molar-refractivity contribution in [1.29, 1.82) is 0 Å². The number of ketones is 1. The average molecular weight is 451 g/mol. The molecule has 1 fully saturated rings. The molecule has 1 amide bonds. The van der Waals surface area contributed by atoms with Crippen molar-refractivity contribution in [3.8, 4) is 0 Å². The fourth-order valence-electron chi connectivity index (χ4n) is 5.08. The number of nitrogens with one attached hydrogen (secondary N) is 1. The van der Waals surface area contributed by atoms with Gasteiger partial charge >= 0.3 is 0 Å². The summed E-state index contributed by atoms with van der Waals surface area (Å²) in [5.74, 6) is 0.700. The molecule has 7 nitrogen and oxygen atoms in total.